The molecule has 4 aromatic heterocycles. The Morgan fingerprint density at radius 3 is 1.91 bits per heavy atom. The van der Waals surface area contributed by atoms with Gasteiger partial charge in [0, 0.05) is 48.4 Å². The van der Waals surface area contributed by atoms with E-state index in [1.54, 1.807) is 0 Å². The fourth-order valence-electron chi connectivity index (χ4n) is 10.3. The smallest absolute Gasteiger partial charge is 0.216 e. The molecule has 5 nitrogen and oxygen atoms in total. The summed E-state index contributed by atoms with van der Waals surface area (Å²) in [6.45, 7) is 25.0. The first kappa shape index (κ1) is 51.9. The minimum Gasteiger partial charge on any atom is -0.486 e. The van der Waals surface area contributed by atoms with Gasteiger partial charge in [-0.15, -0.1) is 53.6 Å². The number of hydrogen-bond acceptors (Lipinski definition) is 4. The van der Waals surface area contributed by atoms with Crippen LogP contribution in [0.3, 0.4) is 0 Å². The van der Waals surface area contributed by atoms with Crippen molar-refractivity contribution in [2.75, 3.05) is 0 Å². The Morgan fingerprint density at radius 1 is 0.662 bits per heavy atom. The van der Waals surface area contributed by atoms with E-state index in [0.717, 1.165) is 101 Å². The molecule has 0 saturated heterocycles. The van der Waals surface area contributed by atoms with E-state index in [9.17, 15) is 0 Å². The summed E-state index contributed by atoms with van der Waals surface area (Å²) in [5.74, 6) is 1.43. The van der Waals surface area contributed by atoms with E-state index in [1.807, 2.05) is 18.2 Å². The molecule has 7 aromatic carbocycles. The largest absolute Gasteiger partial charge is 0.486 e. The van der Waals surface area contributed by atoms with Gasteiger partial charge in [0.15, 0.2) is 0 Å². The Hall–Kier alpha value is -7.02. The Kier molecular flexibility index (Phi) is 14.8. The second-order valence-corrected chi connectivity index (χ2v) is 27.0. The third-order valence-electron chi connectivity index (χ3n) is 13.9. The molecule has 0 aliphatic heterocycles. The predicted molar refractivity (Wildman–Crippen MR) is 310 cm³/mol. The van der Waals surface area contributed by atoms with E-state index in [1.165, 1.54) is 27.4 Å². The Balaban J connectivity index is 0.000000270. The molecule has 11 rings (SSSR count). The topological polar surface area (TPSA) is 56.7 Å². The first-order valence-electron chi connectivity index (χ1n) is 25.6. The summed E-state index contributed by atoms with van der Waals surface area (Å²) < 4.78 is 9.17. The monoisotopic (exact) mass is 1160 g/mol. The van der Waals surface area contributed by atoms with E-state index >= 15 is 0 Å². The van der Waals surface area contributed by atoms with Gasteiger partial charge in [-0.1, -0.05) is 175 Å². The van der Waals surface area contributed by atoms with Crippen LogP contribution in [-0.2, 0) is 31.9 Å². The van der Waals surface area contributed by atoms with Crippen LogP contribution < -0.4 is 5.19 Å². The summed E-state index contributed by atoms with van der Waals surface area (Å²) in [5.41, 5.74) is 19.9. The minimum absolute atomic E-state index is 0. The van der Waals surface area contributed by atoms with E-state index in [-0.39, 0.29) is 25.5 Å². The Bertz CT molecular complexity index is 3710. The van der Waals surface area contributed by atoms with Crippen molar-refractivity contribution in [1.29, 1.82) is 0 Å². The number of hydrogen-bond donors (Lipinski definition) is 0. The van der Waals surface area contributed by atoms with Crippen molar-refractivity contribution < 1.29 is 24.5 Å². The molecule has 0 saturated carbocycles. The molecule has 0 amide bonds. The van der Waals surface area contributed by atoms with Gasteiger partial charge in [-0.25, -0.2) is 4.98 Å². The molecule has 0 atom stereocenters. The molecular formula is C67H64IrN4OSi-2. The van der Waals surface area contributed by atoms with Gasteiger partial charge in [0.2, 0.25) is 5.71 Å². The molecule has 4 heterocycles. The van der Waals surface area contributed by atoms with E-state index in [4.69, 9.17) is 14.4 Å². The maximum absolute atomic E-state index is 6.85. The Morgan fingerprint density at radius 2 is 1.30 bits per heavy atom. The molecule has 7 heteroatoms. The van der Waals surface area contributed by atoms with Crippen LogP contribution in [0, 0.1) is 38.8 Å². The quantitative estimate of drug-likeness (QED) is 0.107. The zero-order chi connectivity index (χ0) is 51.2. The summed E-state index contributed by atoms with van der Waals surface area (Å²) in [6.07, 6.45) is 3.24. The number of benzene rings is 7. The SMILES string of the molecule is CC(C)Cc1cc(-c2[c-]cccc2)ncc1[Si](C)(C)C.Cc1cccc(C)c1-c1ccc2c(n1)oc1c(-c3nc4ccccc4n3-c3c(-c4ccccc4)cc(C(C)(C)C)cc3-c3ccccc3)[c-]cc(C)c12.[Ir]. The van der Waals surface area contributed by atoms with Crippen molar-refractivity contribution in [3.8, 4) is 61.8 Å². The van der Waals surface area contributed by atoms with Crippen LogP contribution in [0.25, 0.3) is 94.9 Å². The van der Waals surface area contributed by atoms with Crippen LogP contribution in [0.1, 0.15) is 62.4 Å². The van der Waals surface area contributed by atoms with Gasteiger partial charge >= 0.3 is 0 Å². The molecule has 74 heavy (non-hydrogen) atoms. The van der Waals surface area contributed by atoms with Crippen molar-refractivity contribution in [1.82, 2.24) is 19.5 Å². The third kappa shape index (κ3) is 10.3. The first-order chi connectivity index (χ1) is 35.0. The van der Waals surface area contributed by atoms with E-state index in [2.05, 4.69) is 249 Å². The van der Waals surface area contributed by atoms with Crippen LogP contribution in [0.4, 0.5) is 0 Å². The average Bonchev–Trinajstić information content (AvgIpc) is 3.96. The summed E-state index contributed by atoms with van der Waals surface area (Å²) >= 11 is 0. The molecule has 11 aromatic rings. The average molecular weight is 1160 g/mol. The number of aryl methyl sites for hydroxylation is 3. The number of furan rings is 1. The summed E-state index contributed by atoms with van der Waals surface area (Å²) in [6, 6.07) is 64.5. The number of para-hydroxylation sites is 2. The fraction of sp³-hybridized carbons (Fsp3) is 0.209. The van der Waals surface area contributed by atoms with Crippen LogP contribution in [0.2, 0.25) is 19.6 Å². The number of rotatable bonds is 9. The standard InChI is InChI=1S/C49H40N3O.C18H24NSi.Ir/c1-30-16-15-17-31(2)43(30)41-27-26-36-44-32(3)24-25-37(46(44)53-48(36)51-41)47-50-40-22-13-14-23-42(40)52(47)45-38(33-18-9-7-10-19-33)28-35(49(4,5)6)29-39(45)34-20-11-8-12-21-34;1-14(2)11-16-12-17(15-9-7-6-8-10-15)19-13-18(16)20(3,4)5;/h7-24,26-29H,1-6H3;6-9,12-14H,11H2,1-5H3;/q2*-1;. The molecule has 0 unspecified atom stereocenters. The second-order valence-electron chi connectivity index (χ2n) is 22.0. The van der Waals surface area contributed by atoms with Crippen LogP contribution in [-0.4, -0.2) is 27.6 Å². The molecule has 1 radical (unpaired) electrons. The van der Waals surface area contributed by atoms with Gasteiger partial charge in [0.25, 0.3) is 0 Å². The molecule has 0 spiro atoms. The summed E-state index contributed by atoms with van der Waals surface area (Å²) in [7, 11) is -1.34. The fourth-order valence-corrected chi connectivity index (χ4v) is 11.9. The zero-order valence-electron chi connectivity index (χ0n) is 44.5. The van der Waals surface area contributed by atoms with Gasteiger partial charge in [0.1, 0.15) is 0 Å². The molecule has 0 aliphatic carbocycles. The van der Waals surface area contributed by atoms with Gasteiger partial charge in [-0.3, -0.25) is 4.98 Å². The number of fused-ring (bicyclic) bond motifs is 4. The molecule has 0 fully saturated rings. The van der Waals surface area contributed by atoms with E-state index in [0.29, 0.717) is 11.6 Å². The number of imidazole rings is 1. The van der Waals surface area contributed by atoms with Crippen LogP contribution in [0.15, 0.2) is 174 Å². The van der Waals surface area contributed by atoms with E-state index < -0.39 is 8.07 Å². The molecule has 0 bridgehead atoms. The van der Waals surface area contributed by atoms with Crippen molar-refractivity contribution in [3.63, 3.8) is 0 Å². The Labute approximate surface area is 452 Å². The maximum Gasteiger partial charge on any atom is 0.216 e. The summed E-state index contributed by atoms with van der Waals surface area (Å²) in [5, 5.41) is 3.50. The van der Waals surface area contributed by atoms with Crippen LogP contribution in [0.5, 0.6) is 0 Å². The zero-order valence-corrected chi connectivity index (χ0v) is 47.9. The molecule has 373 valence electrons. The normalized spacial score (nSPS) is 11.8. The van der Waals surface area contributed by atoms with Crippen LogP contribution >= 0.6 is 0 Å². The van der Waals surface area contributed by atoms with Gasteiger partial charge in [-0.05, 0) is 107 Å². The van der Waals surface area contributed by atoms with Gasteiger partial charge < -0.3 is 14.0 Å². The number of aromatic nitrogens is 4. The van der Waals surface area contributed by atoms with Crippen molar-refractivity contribution in [3.05, 3.63) is 210 Å². The van der Waals surface area contributed by atoms with Gasteiger partial charge in [0.05, 0.1) is 41.9 Å². The number of pyridine rings is 2. The predicted octanol–water partition coefficient (Wildman–Crippen LogP) is 17.3. The molecule has 0 N–H and O–H groups in total. The van der Waals surface area contributed by atoms with Crippen molar-refractivity contribution in [2.45, 2.75) is 86.9 Å². The van der Waals surface area contributed by atoms with Crippen molar-refractivity contribution in [2.24, 2.45) is 5.92 Å². The molecule has 0 aliphatic rings. The second kappa shape index (κ2) is 21.1. The summed E-state index contributed by atoms with van der Waals surface area (Å²) in [4.78, 5) is 15.2. The molecular weight excluding hydrogens is 1100 g/mol. The number of nitrogens with zero attached hydrogens (tertiary/aromatic N) is 4. The van der Waals surface area contributed by atoms with Gasteiger partial charge in [-0.2, -0.15) is 0 Å². The van der Waals surface area contributed by atoms with Crippen molar-refractivity contribution >= 4 is 46.4 Å². The third-order valence-corrected chi connectivity index (χ3v) is 16.0. The minimum atomic E-state index is -1.34. The maximum atomic E-state index is 6.85. The first-order valence-corrected chi connectivity index (χ1v) is 29.1.